The molecule has 2 fully saturated rings. The minimum atomic E-state index is -0.919. The Morgan fingerprint density at radius 3 is 2.52 bits per heavy atom. The molecule has 1 aromatic carbocycles. The van der Waals surface area contributed by atoms with E-state index in [1.165, 1.54) is 11.3 Å². The predicted molar refractivity (Wildman–Crippen MR) is 124 cm³/mol. The quantitative estimate of drug-likeness (QED) is 0.653. The molecule has 1 unspecified atom stereocenters. The van der Waals surface area contributed by atoms with Gasteiger partial charge in [0.05, 0.1) is 18.1 Å². The van der Waals surface area contributed by atoms with Crippen LogP contribution in [0.3, 0.4) is 0 Å². The summed E-state index contributed by atoms with van der Waals surface area (Å²) in [5, 5.41) is 4.72. The number of methoxy groups -OCH3 is 1. The normalized spacial score (nSPS) is 19.6. The van der Waals surface area contributed by atoms with Crippen LogP contribution in [0, 0.1) is 6.92 Å². The molecular weight excluding hydrogens is 442 g/mol. The molecule has 0 bridgehead atoms. The lowest BCUT2D eigenvalue weighted by atomic mass is 9.96. The highest BCUT2D eigenvalue weighted by atomic mass is 32.1. The summed E-state index contributed by atoms with van der Waals surface area (Å²) >= 11 is 1.42. The summed E-state index contributed by atoms with van der Waals surface area (Å²) in [7, 11) is 1.57. The summed E-state index contributed by atoms with van der Waals surface area (Å²) in [5.41, 5.74) is 0.641. The van der Waals surface area contributed by atoms with Gasteiger partial charge in [-0.2, -0.15) is 0 Å². The number of ether oxygens (including phenoxy) is 2. The van der Waals surface area contributed by atoms with Crippen LogP contribution >= 0.6 is 11.3 Å². The van der Waals surface area contributed by atoms with E-state index in [2.05, 4.69) is 5.32 Å². The minimum Gasteiger partial charge on any atom is -0.383 e. The van der Waals surface area contributed by atoms with Crippen molar-refractivity contribution < 1.29 is 23.9 Å². The van der Waals surface area contributed by atoms with Gasteiger partial charge in [0.25, 0.3) is 11.8 Å². The Morgan fingerprint density at radius 2 is 1.88 bits per heavy atom. The zero-order valence-corrected chi connectivity index (χ0v) is 19.7. The molecule has 176 valence electrons. The summed E-state index contributed by atoms with van der Waals surface area (Å²) in [5.74, 6) is -0.512. The molecule has 0 aliphatic carbocycles. The molecule has 33 heavy (non-hydrogen) atoms. The maximum atomic E-state index is 13.6. The number of hydrogen-bond acceptors (Lipinski definition) is 6. The topological polar surface area (TPSA) is 88.2 Å². The molecule has 2 aromatic rings. The Kier molecular flexibility index (Phi) is 7.11. The summed E-state index contributed by atoms with van der Waals surface area (Å²) in [6.45, 7) is 3.72. The number of hydrogen-bond donors (Lipinski definition) is 1. The van der Waals surface area contributed by atoms with Crippen LogP contribution < -0.4 is 5.32 Å². The fourth-order valence-electron chi connectivity index (χ4n) is 4.41. The second-order valence-electron chi connectivity index (χ2n) is 8.37. The van der Waals surface area contributed by atoms with Gasteiger partial charge < -0.3 is 19.7 Å². The van der Waals surface area contributed by atoms with Gasteiger partial charge in [0.2, 0.25) is 5.91 Å². The summed E-state index contributed by atoms with van der Waals surface area (Å²) in [6, 6.07) is 10.3. The van der Waals surface area contributed by atoms with Crippen LogP contribution in [0.15, 0.2) is 41.8 Å². The van der Waals surface area contributed by atoms with Crippen LogP contribution in [0.1, 0.15) is 38.4 Å². The SMILES string of the molecule is COCCNC(=O)C1COC2(CCN(C(=O)c3cccs3)CC2)N1C(=O)c1ccc(C)cc1. The molecule has 3 amide bonds. The number of benzene rings is 1. The van der Waals surface area contributed by atoms with Crippen molar-refractivity contribution in [3.63, 3.8) is 0 Å². The third-order valence-electron chi connectivity index (χ3n) is 6.25. The van der Waals surface area contributed by atoms with Gasteiger partial charge in [0.1, 0.15) is 11.8 Å². The highest BCUT2D eigenvalue weighted by Crippen LogP contribution is 2.39. The standard InChI is InChI=1S/C24H29N3O5S/c1-17-5-7-18(8-6-17)22(29)27-19(21(28)25-11-14-31-2)16-32-24(27)9-12-26(13-10-24)23(30)20-4-3-15-33-20/h3-8,15,19H,9-14,16H2,1-2H3,(H,25,28). The Bertz CT molecular complexity index is 984. The second-order valence-corrected chi connectivity index (χ2v) is 9.32. The third-order valence-corrected chi connectivity index (χ3v) is 7.11. The molecule has 0 radical (unpaired) electrons. The lowest BCUT2D eigenvalue weighted by Crippen LogP contribution is -2.60. The number of nitrogens with zero attached hydrogens (tertiary/aromatic N) is 2. The molecule has 0 saturated carbocycles. The Labute approximate surface area is 197 Å². The molecule has 3 heterocycles. The van der Waals surface area contributed by atoms with E-state index in [1.54, 1.807) is 29.0 Å². The van der Waals surface area contributed by atoms with Crippen LogP contribution in [0.5, 0.6) is 0 Å². The Morgan fingerprint density at radius 1 is 1.15 bits per heavy atom. The van der Waals surface area contributed by atoms with Gasteiger partial charge in [-0.15, -0.1) is 11.3 Å². The van der Waals surface area contributed by atoms with Gasteiger partial charge in [-0.05, 0) is 30.5 Å². The summed E-state index contributed by atoms with van der Waals surface area (Å²) < 4.78 is 11.2. The van der Waals surface area contributed by atoms with Crippen molar-refractivity contribution in [3.8, 4) is 0 Å². The third kappa shape index (κ3) is 4.80. The number of likely N-dealkylation sites (tertiary alicyclic amines) is 1. The van der Waals surface area contributed by atoms with Crippen molar-refractivity contribution >= 4 is 29.1 Å². The van der Waals surface area contributed by atoms with Crippen molar-refractivity contribution in [2.75, 3.05) is 40.0 Å². The number of thiophene rings is 1. The highest BCUT2D eigenvalue weighted by molar-refractivity contribution is 7.12. The van der Waals surface area contributed by atoms with Gasteiger partial charge in [0, 0.05) is 45.1 Å². The number of piperidine rings is 1. The van der Waals surface area contributed by atoms with Gasteiger partial charge in [-0.25, -0.2) is 0 Å². The molecule has 4 rings (SSSR count). The summed E-state index contributed by atoms with van der Waals surface area (Å²) in [6.07, 6.45) is 0.896. The maximum Gasteiger partial charge on any atom is 0.263 e. The molecule has 8 nitrogen and oxygen atoms in total. The van der Waals surface area contributed by atoms with Gasteiger partial charge in [-0.3, -0.25) is 19.3 Å². The molecule has 9 heteroatoms. The average Bonchev–Trinajstić information content (AvgIpc) is 3.48. The van der Waals surface area contributed by atoms with E-state index < -0.39 is 11.8 Å². The molecule has 1 N–H and O–H groups in total. The number of aryl methyl sites for hydroxylation is 1. The van der Waals surface area contributed by atoms with E-state index in [4.69, 9.17) is 9.47 Å². The van der Waals surface area contributed by atoms with E-state index in [0.717, 1.165) is 5.56 Å². The Balaban J connectivity index is 1.55. The highest BCUT2D eigenvalue weighted by Gasteiger charge is 2.54. The van der Waals surface area contributed by atoms with Crippen molar-refractivity contribution in [1.29, 1.82) is 0 Å². The van der Waals surface area contributed by atoms with Crippen molar-refractivity contribution in [2.45, 2.75) is 31.5 Å². The fourth-order valence-corrected chi connectivity index (χ4v) is 5.10. The minimum absolute atomic E-state index is 0.0110. The number of carbonyl (C=O) groups excluding carboxylic acids is 3. The van der Waals surface area contributed by atoms with Crippen LogP contribution in [0.25, 0.3) is 0 Å². The van der Waals surface area contributed by atoms with Gasteiger partial charge >= 0.3 is 0 Å². The first-order chi connectivity index (χ1) is 15.9. The zero-order chi connectivity index (χ0) is 23.4. The Hall–Kier alpha value is -2.75. The number of amides is 3. The first-order valence-corrected chi connectivity index (χ1v) is 12.0. The van der Waals surface area contributed by atoms with E-state index >= 15 is 0 Å². The van der Waals surface area contributed by atoms with Gasteiger partial charge in [0.15, 0.2) is 0 Å². The molecule has 1 atom stereocenters. The van der Waals surface area contributed by atoms with Crippen LogP contribution in [0.2, 0.25) is 0 Å². The summed E-state index contributed by atoms with van der Waals surface area (Å²) in [4.78, 5) is 43.5. The van der Waals surface area contributed by atoms with Crippen LogP contribution in [0.4, 0.5) is 0 Å². The molecule has 1 aromatic heterocycles. The van der Waals surface area contributed by atoms with Crippen molar-refractivity contribution in [1.82, 2.24) is 15.1 Å². The molecule has 1 spiro atoms. The number of nitrogens with one attached hydrogen (secondary N) is 1. The lowest BCUT2D eigenvalue weighted by molar-refractivity contribution is -0.128. The fraction of sp³-hybridized carbons (Fsp3) is 0.458. The average molecular weight is 472 g/mol. The number of rotatable bonds is 6. The predicted octanol–water partition coefficient (Wildman–Crippen LogP) is 2.29. The smallest absolute Gasteiger partial charge is 0.263 e. The number of carbonyl (C=O) groups is 3. The molecule has 2 aliphatic heterocycles. The second kappa shape index (κ2) is 10.0. The zero-order valence-electron chi connectivity index (χ0n) is 18.9. The van der Waals surface area contributed by atoms with Crippen molar-refractivity contribution in [2.24, 2.45) is 0 Å². The van der Waals surface area contributed by atoms with E-state index in [-0.39, 0.29) is 24.3 Å². The van der Waals surface area contributed by atoms with Crippen molar-refractivity contribution in [3.05, 3.63) is 57.8 Å². The van der Waals surface area contributed by atoms with Crippen LogP contribution in [-0.2, 0) is 14.3 Å². The monoisotopic (exact) mass is 471 g/mol. The van der Waals surface area contributed by atoms with E-state index in [9.17, 15) is 14.4 Å². The molecule has 2 aliphatic rings. The molecular formula is C24H29N3O5S. The lowest BCUT2D eigenvalue weighted by Gasteiger charge is -2.44. The van der Waals surface area contributed by atoms with E-state index in [1.807, 2.05) is 36.6 Å². The molecule has 2 saturated heterocycles. The van der Waals surface area contributed by atoms with E-state index in [0.29, 0.717) is 49.5 Å². The first-order valence-electron chi connectivity index (χ1n) is 11.1. The maximum absolute atomic E-state index is 13.6. The largest absolute Gasteiger partial charge is 0.383 e. The first kappa shape index (κ1) is 23.4. The van der Waals surface area contributed by atoms with Crippen LogP contribution in [-0.4, -0.2) is 79.2 Å². The van der Waals surface area contributed by atoms with Gasteiger partial charge in [-0.1, -0.05) is 23.8 Å².